The number of hydrogen-bond donors (Lipinski definition) is 1. The highest BCUT2D eigenvalue weighted by Crippen LogP contribution is 2.41. The van der Waals surface area contributed by atoms with Gasteiger partial charge in [0.05, 0.1) is 12.6 Å². The fourth-order valence-electron chi connectivity index (χ4n) is 4.09. The standard InChI is InChI=1S/C20H27NO4/c22-14-17-10-7-13-21(17)18(23)20(11-5-2-6-12-20)19(24)25-15-16-8-3-1-4-9-16/h1,3-4,8-9,17,22H,2,5-7,10-15H2. The summed E-state index contributed by atoms with van der Waals surface area (Å²) in [4.78, 5) is 27.9. The Labute approximate surface area is 149 Å². The first-order chi connectivity index (χ1) is 12.2. The number of rotatable bonds is 5. The number of carbonyl (C=O) groups excluding carboxylic acids is 2. The zero-order valence-electron chi connectivity index (χ0n) is 14.7. The van der Waals surface area contributed by atoms with Gasteiger partial charge >= 0.3 is 5.97 Å². The first kappa shape index (κ1) is 17.9. The van der Waals surface area contributed by atoms with Crippen LogP contribution in [0.15, 0.2) is 30.3 Å². The maximum atomic E-state index is 13.3. The molecule has 136 valence electrons. The summed E-state index contributed by atoms with van der Waals surface area (Å²) in [6, 6.07) is 9.38. The highest BCUT2D eigenvalue weighted by atomic mass is 16.5. The van der Waals surface area contributed by atoms with Crippen molar-refractivity contribution < 1.29 is 19.4 Å². The molecule has 0 radical (unpaired) electrons. The minimum absolute atomic E-state index is 0.0408. The van der Waals surface area contributed by atoms with Gasteiger partial charge in [0.1, 0.15) is 12.0 Å². The van der Waals surface area contributed by atoms with E-state index in [2.05, 4.69) is 0 Å². The number of ether oxygens (including phenoxy) is 1. The fraction of sp³-hybridized carbons (Fsp3) is 0.600. The van der Waals surface area contributed by atoms with Gasteiger partial charge in [0.15, 0.2) is 0 Å². The van der Waals surface area contributed by atoms with Crippen LogP contribution < -0.4 is 0 Å². The summed E-state index contributed by atoms with van der Waals surface area (Å²) in [5.74, 6) is -0.536. The molecular weight excluding hydrogens is 318 g/mol. The van der Waals surface area contributed by atoms with E-state index in [-0.39, 0.29) is 25.2 Å². The molecule has 0 aromatic heterocycles. The lowest BCUT2D eigenvalue weighted by Crippen LogP contribution is -2.52. The third-order valence-electron chi connectivity index (χ3n) is 5.57. The van der Waals surface area contributed by atoms with Gasteiger partial charge in [-0.1, -0.05) is 49.6 Å². The van der Waals surface area contributed by atoms with Crippen molar-refractivity contribution in [3.63, 3.8) is 0 Å². The Kier molecular flexibility index (Phi) is 5.74. The van der Waals surface area contributed by atoms with Gasteiger partial charge in [0.25, 0.3) is 0 Å². The number of benzene rings is 1. The molecule has 3 rings (SSSR count). The van der Waals surface area contributed by atoms with Gasteiger partial charge in [0.2, 0.25) is 5.91 Å². The average Bonchev–Trinajstić information content (AvgIpc) is 3.15. The van der Waals surface area contributed by atoms with E-state index in [4.69, 9.17) is 4.74 Å². The minimum atomic E-state index is -1.06. The number of carbonyl (C=O) groups is 2. The normalized spacial score (nSPS) is 22.6. The van der Waals surface area contributed by atoms with Gasteiger partial charge in [-0.15, -0.1) is 0 Å². The van der Waals surface area contributed by atoms with Crippen LogP contribution in [-0.2, 0) is 20.9 Å². The van der Waals surface area contributed by atoms with E-state index in [0.29, 0.717) is 19.4 Å². The highest BCUT2D eigenvalue weighted by molar-refractivity contribution is 6.03. The van der Waals surface area contributed by atoms with Crippen molar-refractivity contribution in [2.24, 2.45) is 5.41 Å². The van der Waals surface area contributed by atoms with Gasteiger partial charge in [-0.3, -0.25) is 9.59 Å². The monoisotopic (exact) mass is 345 g/mol. The molecule has 1 amide bonds. The summed E-state index contributed by atoms with van der Waals surface area (Å²) in [7, 11) is 0. The van der Waals surface area contributed by atoms with E-state index < -0.39 is 11.4 Å². The molecule has 0 bridgehead atoms. The van der Waals surface area contributed by atoms with Gasteiger partial charge in [-0.25, -0.2) is 0 Å². The van der Waals surface area contributed by atoms with Crippen molar-refractivity contribution >= 4 is 11.9 Å². The van der Waals surface area contributed by atoms with Gasteiger partial charge in [-0.05, 0) is 31.2 Å². The largest absolute Gasteiger partial charge is 0.460 e. The molecule has 5 heteroatoms. The molecule has 1 aromatic rings. The third-order valence-corrected chi connectivity index (χ3v) is 5.57. The van der Waals surface area contributed by atoms with E-state index in [0.717, 1.165) is 37.7 Å². The van der Waals surface area contributed by atoms with Crippen molar-refractivity contribution in [3.05, 3.63) is 35.9 Å². The van der Waals surface area contributed by atoms with Crippen LogP contribution in [0.2, 0.25) is 0 Å². The zero-order chi connectivity index (χ0) is 17.7. The molecular formula is C20H27NO4. The molecule has 1 atom stereocenters. The van der Waals surface area contributed by atoms with Crippen molar-refractivity contribution in [2.45, 2.75) is 57.6 Å². The molecule has 1 N–H and O–H groups in total. The molecule has 5 nitrogen and oxygen atoms in total. The Hall–Kier alpha value is -1.88. The van der Waals surface area contributed by atoms with Gasteiger partial charge in [0, 0.05) is 6.54 Å². The second-order valence-corrected chi connectivity index (χ2v) is 7.18. The van der Waals surface area contributed by atoms with Crippen LogP contribution in [0.5, 0.6) is 0 Å². The Morgan fingerprint density at radius 3 is 2.52 bits per heavy atom. The van der Waals surface area contributed by atoms with Crippen LogP contribution in [0, 0.1) is 5.41 Å². The topological polar surface area (TPSA) is 66.8 Å². The van der Waals surface area contributed by atoms with Crippen molar-refractivity contribution in [2.75, 3.05) is 13.2 Å². The Balaban J connectivity index is 1.75. The van der Waals surface area contributed by atoms with Crippen LogP contribution in [0.3, 0.4) is 0 Å². The first-order valence-electron chi connectivity index (χ1n) is 9.30. The smallest absolute Gasteiger partial charge is 0.321 e. The molecule has 0 spiro atoms. The van der Waals surface area contributed by atoms with Crippen LogP contribution in [-0.4, -0.2) is 41.1 Å². The Morgan fingerprint density at radius 1 is 1.12 bits per heavy atom. The summed E-state index contributed by atoms with van der Waals surface area (Å²) >= 11 is 0. The summed E-state index contributed by atoms with van der Waals surface area (Å²) in [6.45, 7) is 0.775. The lowest BCUT2D eigenvalue weighted by atomic mass is 9.72. The number of aliphatic hydroxyl groups excluding tert-OH is 1. The molecule has 1 unspecified atom stereocenters. The second kappa shape index (κ2) is 8.00. The Bertz CT molecular complexity index is 595. The minimum Gasteiger partial charge on any atom is -0.460 e. The number of likely N-dealkylation sites (tertiary alicyclic amines) is 1. The molecule has 1 aliphatic carbocycles. The summed E-state index contributed by atoms with van der Waals surface area (Å²) < 4.78 is 5.57. The number of aliphatic hydroxyl groups is 1. The number of esters is 1. The Morgan fingerprint density at radius 2 is 1.84 bits per heavy atom. The fourth-order valence-corrected chi connectivity index (χ4v) is 4.09. The number of amides is 1. The van der Waals surface area contributed by atoms with E-state index in [9.17, 15) is 14.7 Å². The number of hydrogen-bond acceptors (Lipinski definition) is 4. The molecule has 1 saturated heterocycles. The van der Waals surface area contributed by atoms with E-state index in [1.165, 1.54) is 0 Å². The van der Waals surface area contributed by atoms with E-state index in [1.807, 2.05) is 30.3 Å². The highest BCUT2D eigenvalue weighted by Gasteiger charge is 2.51. The lowest BCUT2D eigenvalue weighted by molar-refractivity contribution is -0.170. The van der Waals surface area contributed by atoms with E-state index in [1.54, 1.807) is 4.90 Å². The van der Waals surface area contributed by atoms with Crippen molar-refractivity contribution in [1.29, 1.82) is 0 Å². The molecule has 1 aliphatic heterocycles. The van der Waals surface area contributed by atoms with Crippen LogP contribution >= 0.6 is 0 Å². The third kappa shape index (κ3) is 3.71. The molecule has 2 fully saturated rings. The molecule has 1 saturated carbocycles. The maximum absolute atomic E-state index is 13.3. The van der Waals surface area contributed by atoms with Crippen molar-refractivity contribution in [3.8, 4) is 0 Å². The average molecular weight is 345 g/mol. The van der Waals surface area contributed by atoms with Crippen LogP contribution in [0.4, 0.5) is 0 Å². The molecule has 1 aromatic carbocycles. The molecule has 1 heterocycles. The maximum Gasteiger partial charge on any atom is 0.321 e. The SMILES string of the molecule is O=C(OCc1ccccc1)C1(C(=O)N2CCCC2CO)CCCCC1. The quantitative estimate of drug-likeness (QED) is 0.658. The molecule has 25 heavy (non-hydrogen) atoms. The summed E-state index contributed by atoms with van der Waals surface area (Å²) in [5, 5.41) is 9.55. The summed E-state index contributed by atoms with van der Waals surface area (Å²) in [5.41, 5.74) is -0.145. The summed E-state index contributed by atoms with van der Waals surface area (Å²) in [6.07, 6.45) is 5.56. The lowest BCUT2D eigenvalue weighted by Gasteiger charge is -2.38. The predicted molar refractivity (Wildman–Crippen MR) is 93.6 cm³/mol. The zero-order valence-corrected chi connectivity index (χ0v) is 14.7. The van der Waals surface area contributed by atoms with Crippen LogP contribution in [0.25, 0.3) is 0 Å². The van der Waals surface area contributed by atoms with E-state index >= 15 is 0 Å². The first-order valence-corrected chi connectivity index (χ1v) is 9.30. The second-order valence-electron chi connectivity index (χ2n) is 7.18. The van der Waals surface area contributed by atoms with Crippen LogP contribution in [0.1, 0.15) is 50.5 Å². The predicted octanol–water partition coefficient (Wildman–Crippen LogP) is 2.66. The van der Waals surface area contributed by atoms with Gasteiger partial charge < -0.3 is 14.7 Å². The number of nitrogens with zero attached hydrogens (tertiary/aromatic N) is 1. The molecule has 2 aliphatic rings. The van der Waals surface area contributed by atoms with Crippen molar-refractivity contribution in [1.82, 2.24) is 4.90 Å². The van der Waals surface area contributed by atoms with Gasteiger partial charge in [-0.2, -0.15) is 0 Å².